The lowest BCUT2D eigenvalue weighted by atomic mass is 10.1. The number of aryl methyl sites for hydroxylation is 1. The molecule has 4 nitrogen and oxygen atoms in total. The number of rotatable bonds is 4. The molecule has 0 aliphatic rings. The van der Waals surface area contributed by atoms with E-state index in [1.165, 1.54) is 0 Å². The van der Waals surface area contributed by atoms with Gasteiger partial charge in [-0.3, -0.25) is 4.79 Å². The van der Waals surface area contributed by atoms with Gasteiger partial charge in [-0.15, -0.1) is 11.3 Å². The largest absolute Gasteiger partial charge is 0.376 e. The third kappa shape index (κ3) is 3.54. The Kier molecular flexibility index (Phi) is 4.85. The van der Waals surface area contributed by atoms with Crippen molar-refractivity contribution in [3.05, 3.63) is 44.9 Å². The predicted octanol–water partition coefficient (Wildman–Crippen LogP) is 3.98. The first-order valence-electron chi connectivity index (χ1n) is 6.58. The summed E-state index contributed by atoms with van der Waals surface area (Å²) in [5, 5.41) is 3.95. The molecule has 21 heavy (non-hydrogen) atoms. The quantitative estimate of drug-likeness (QED) is 0.925. The minimum absolute atomic E-state index is 0.0451. The van der Waals surface area contributed by atoms with E-state index in [1.807, 2.05) is 12.4 Å². The first-order valence-corrected chi connectivity index (χ1v) is 7.83. The Labute approximate surface area is 133 Å². The van der Waals surface area contributed by atoms with Gasteiger partial charge in [-0.1, -0.05) is 11.6 Å². The molecule has 1 amide bonds. The van der Waals surface area contributed by atoms with Crippen LogP contribution >= 0.6 is 22.9 Å². The van der Waals surface area contributed by atoms with Crippen LogP contribution in [0.4, 0.5) is 5.69 Å². The van der Waals surface area contributed by atoms with Crippen LogP contribution in [0.2, 0.25) is 5.02 Å². The fourth-order valence-electron chi connectivity index (χ4n) is 2.05. The third-order valence-corrected chi connectivity index (χ3v) is 4.61. The van der Waals surface area contributed by atoms with E-state index in [-0.39, 0.29) is 11.9 Å². The summed E-state index contributed by atoms with van der Waals surface area (Å²) >= 11 is 7.83. The number of nitrogens with one attached hydrogen (secondary N) is 1. The molecule has 6 heteroatoms. The van der Waals surface area contributed by atoms with Gasteiger partial charge in [-0.25, -0.2) is 4.98 Å². The van der Waals surface area contributed by atoms with Crippen molar-refractivity contribution in [1.29, 1.82) is 0 Å². The van der Waals surface area contributed by atoms with E-state index < -0.39 is 0 Å². The van der Waals surface area contributed by atoms with Gasteiger partial charge in [0.25, 0.3) is 5.91 Å². The average molecular weight is 324 g/mol. The zero-order chi connectivity index (χ0) is 15.6. The zero-order valence-electron chi connectivity index (χ0n) is 12.5. The summed E-state index contributed by atoms with van der Waals surface area (Å²) < 4.78 is 0. The van der Waals surface area contributed by atoms with Crippen molar-refractivity contribution in [1.82, 2.24) is 9.88 Å². The molecule has 1 N–H and O–H groups in total. The molecule has 0 saturated carbocycles. The summed E-state index contributed by atoms with van der Waals surface area (Å²) in [6.45, 7) is 4.04. The van der Waals surface area contributed by atoms with Crippen LogP contribution in [0.5, 0.6) is 0 Å². The highest BCUT2D eigenvalue weighted by atomic mass is 35.5. The number of anilines is 1. The molecule has 2 aromatic rings. The average Bonchev–Trinajstić information content (AvgIpc) is 2.86. The highest BCUT2D eigenvalue weighted by Gasteiger charge is 2.15. The van der Waals surface area contributed by atoms with Gasteiger partial charge in [0.15, 0.2) is 0 Å². The fourth-order valence-corrected chi connectivity index (χ4v) is 3.04. The first kappa shape index (κ1) is 15.8. The van der Waals surface area contributed by atoms with E-state index in [0.717, 1.165) is 16.3 Å². The van der Waals surface area contributed by atoms with Gasteiger partial charge < -0.3 is 10.2 Å². The van der Waals surface area contributed by atoms with Crippen LogP contribution in [0.15, 0.2) is 23.7 Å². The smallest absolute Gasteiger partial charge is 0.253 e. The summed E-state index contributed by atoms with van der Waals surface area (Å²) in [5.74, 6) is -0.0451. The third-order valence-electron chi connectivity index (χ3n) is 3.17. The maximum Gasteiger partial charge on any atom is 0.253 e. The normalized spacial score (nSPS) is 12.0. The van der Waals surface area contributed by atoms with Crippen LogP contribution in [0.3, 0.4) is 0 Å². The number of benzene rings is 1. The molecule has 0 spiro atoms. The van der Waals surface area contributed by atoms with Gasteiger partial charge in [-0.2, -0.15) is 0 Å². The number of amides is 1. The van der Waals surface area contributed by atoms with Crippen molar-refractivity contribution in [2.75, 3.05) is 19.4 Å². The van der Waals surface area contributed by atoms with Crippen molar-refractivity contribution < 1.29 is 4.79 Å². The molecule has 0 radical (unpaired) electrons. The molecule has 1 heterocycles. The second-order valence-corrected chi connectivity index (χ2v) is 6.36. The molecular formula is C15H18ClN3OS. The number of carbonyl (C=O) groups excluding carboxylic acids is 1. The van der Waals surface area contributed by atoms with Crippen LogP contribution in [0, 0.1) is 6.92 Å². The molecular weight excluding hydrogens is 306 g/mol. The number of thiazole rings is 1. The van der Waals surface area contributed by atoms with E-state index >= 15 is 0 Å². The van der Waals surface area contributed by atoms with Crippen LogP contribution in [-0.4, -0.2) is 29.9 Å². The van der Waals surface area contributed by atoms with Gasteiger partial charge >= 0.3 is 0 Å². The van der Waals surface area contributed by atoms with E-state index in [4.69, 9.17) is 11.6 Å². The Morgan fingerprint density at radius 3 is 2.71 bits per heavy atom. The maximum atomic E-state index is 12.0. The zero-order valence-corrected chi connectivity index (χ0v) is 14.0. The van der Waals surface area contributed by atoms with Crippen molar-refractivity contribution >= 4 is 34.5 Å². The van der Waals surface area contributed by atoms with Gasteiger partial charge in [0.05, 0.1) is 28.0 Å². The molecule has 1 unspecified atom stereocenters. The highest BCUT2D eigenvalue weighted by molar-refractivity contribution is 7.09. The standard InChI is InChI=1S/C15H18ClN3OS/c1-9-14(21-8-17-9)10(2)18-13-7-11(5-6-12(13)16)15(20)19(3)4/h5-8,10,18H,1-4H3. The van der Waals surface area contributed by atoms with E-state index in [1.54, 1.807) is 48.5 Å². The van der Waals surface area contributed by atoms with Crippen molar-refractivity contribution in [3.63, 3.8) is 0 Å². The second-order valence-electron chi connectivity index (χ2n) is 5.06. The number of hydrogen-bond donors (Lipinski definition) is 1. The molecule has 1 aromatic heterocycles. The van der Waals surface area contributed by atoms with E-state index in [0.29, 0.717) is 10.6 Å². The number of nitrogens with zero attached hydrogens (tertiary/aromatic N) is 2. The van der Waals surface area contributed by atoms with Gasteiger partial charge in [-0.05, 0) is 32.0 Å². The lowest BCUT2D eigenvalue weighted by molar-refractivity contribution is 0.0827. The first-order chi connectivity index (χ1) is 9.90. The molecule has 0 aliphatic heterocycles. The second kappa shape index (κ2) is 6.45. The topological polar surface area (TPSA) is 45.2 Å². The van der Waals surface area contributed by atoms with E-state index in [9.17, 15) is 4.79 Å². The monoisotopic (exact) mass is 323 g/mol. The Hall–Kier alpha value is -1.59. The number of aromatic nitrogens is 1. The predicted molar refractivity (Wildman–Crippen MR) is 88.4 cm³/mol. The Morgan fingerprint density at radius 2 is 2.14 bits per heavy atom. The van der Waals surface area contributed by atoms with Gasteiger partial charge in [0.2, 0.25) is 0 Å². The summed E-state index contributed by atoms with van der Waals surface area (Å²) in [6, 6.07) is 5.35. The molecule has 1 atom stereocenters. The maximum absolute atomic E-state index is 12.0. The number of hydrogen-bond acceptors (Lipinski definition) is 4. The highest BCUT2D eigenvalue weighted by Crippen LogP contribution is 2.30. The Bertz CT molecular complexity index is 654. The lowest BCUT2D eigenvalue weighted by Crippen LogP contribution is -2.21. The van der Waals surface area contributed by atoms with Crippen molar-refractivity contribution in [2.45, 2.75) is 19.9 Å². The van der Waals surface area contributed by atoms with E-state index in [2.05, 4.69) is 17.2 Å². The van der Waals surface area contributed by atoms with Crippen molar-refractivity contribution in [3.8, 4) is 0 Å². The molecule has 0 bridgehead atoms. The SMILES string of the molecule is Cc1ncsc1C(C)Nc1cc(C(=O)N(C)C)ccc1Cl. The van der Waals surface area contributed by atoms with Crippen LogP contribution in [-0.2, 0) is 0 Å². The molecule has 0 fully saturated rings. The van der Waals surface area contributed by atoms with Crippen LogP contribution in [0.1, 0.15) is 33.9 Å². The molecule has 1 aromatic carbocycles. The minimum Gasteiger partial charge on any atom is -0.376 e. The van der Waals surface area contributed by atoms with Gasteiger partial charge in [0.1, 0.15) is 0 Å². The summed E-state index contributed by atoms with van der Waals surface area (Å²) in [5.41, 5.74) is 4.21. The minimum atomic E-state index is -0.0451. The summed E-state index contributed by atoms with van der Waals surface area (Å²) in [6.07, 6.45) is 0. The Balaban J connectivity index is 2.25. The molecule has 0 saturated heterocycles. The fraction of sp³-hybridized carbons (Fsp3) is 0.333. The number of halogens is 1. The van der Waals surface area contributed by atoms with Crippen molar-refractivity contribution in [2.24, 2.45) is 0 Å². The lowest BCUT2D eigenvalue weighted by Gasteiger charge is -2.17. The van der Waals surface area contributed by atoms with Crippen LogP contribution < -0.4 is 5.32 Å². The van der Waals surface area contributed by atoms with Gasteiger partial charge in [0, 0.05) is 24.5 Å². The summed E-state index contributed by atoms with van der Waals surface area (Å²) in [7, 11) is 3.46. The molecule has 0 aliphatic carbocycles. The molecule has 2 rings (SSSR count). The number of carbonyl (C=O) groups is 1. The van der Waals surface area contributed by atoms with Crippen LogP contribution in [0.25, 0.3) is 0 Å². The summed E-state index contributed by atoms with van der Waals surface area (Å²) in [4.78, 5) is 19.0. The Morgan fingerprint density at radius 1 is 1.43 bits per heavy atom. The molecule has 112 valence electrons.